The number of likely N-dealkylation sites (tertiary alicyclic amines) is 1. The second kappa shape index (κ2) is 6.15. The summed E-state index contributed by atoms with van der Waals surface area (Å²) in [4.78, 5) is 24.7. The molecular weight excluding hydrogens is 316 g/mol. The third-order valence-corrected chi connectivity index (χ3v) is 4.58. The number of rotatable bonds is 1. The van der Waals surface area contributed by atoms with Crippen LogP contribution in [-0.4, -0.2) is 52.2 Å². The highest BCUT2D eigenvalue weighted by molar-refractivity contribution is 6.28. The third-order valence-electron chi connectivity index (χ3n) is 4.40. The molecule has 7 heteroatoms. The first kappa shape index (κ1) is 16.3. The number of aromatic nitrogens is 2. The number of anilines is 1. The summed E-state index contributed by atoms with van der Waals surface area (Å²) in [5, 5.41) is 0.270. The van der Waals surface area contributed by atoms with E-state index in [1.165, 1.54) is 0 Å². The van der Waals surface area contributed by atoms with Gasteiger partial charge in [0, 0.05) is 31.9 Å². The van der Waals surface area contributed by atoms with Crippen molar-refractivity contribution >= 4 is 23.5 Å². The van der Waals surface area contributed by atoms with E-state index >= 15 is 0 Å². The standard InChI is InChI=1S/C16H23ClN4O2/c1-16(2,3)23-15(22)21-9-5-11-10-20(8-6-12(11)21)13-4-7-18-14(17)19-13/h4,7,11-12H,5-6,8-10H2,1-3H3/t11-,12+/m1/s1. The van der Waals surface area contributed by atoms with Gasteiger partial charge in [-0.3, -0.25) is 0 Å². The molecule has 6 nitrogen and oxygen atoms in total. The van der Waals surface area contributed by atoms with Crippen molar-refractivity contribution in [3.63, 3.8) is 0 Å². The SMILES string of the molecule is CC(C)(C)OC(=O)N1CC[C@@H]2CN(c3ccnc(Cl)n3)CC[C@@H]21. The van der Waals surface area contributed by atoms with E-state index in [0.717, 1.165) is 38.3 Å². The monoisotopic (exact) mass is 338 g/mol. The average Bonchev–Trinajstić information content (AvgIpc) is 2.88. The normalized spacial score (nSPS) is 24.5. The molecule has 0 N–H and O–H groups in total. The first-order valence-electron chi connectivity index (χ1n) is 8.06. The van der Waals surface area contributed by atoms with E-state index in [4.69, 9.17) is 16.3 Å². The number of carbonyl (C=O) groups excluding carboxylic acids is 1. The van der Waals surface area contributed by atoms with E-state index in [1.807, 2.05) is 31.7 Å². The minimum Gasteiger partial charge on any atom is -0.444 e. The van der Waals surface area contributed by atoms with Gasteiger partial charge >= 0.3 is 6.09 Å². The minimum atomic E-state index is -0.451. The number of halogens is 1. The van der Waals surface area contributed by atoms with E-state index in [9.17, 15) is 4.79 Å². The molecule has 0 aliphatic carbocycles. The van der Waals surface area contributed by atoms with Crippen molar-refractivity contribution in [1.29, 1.82) is 0 Å². The highest BCUT2D eigenvalue weighted by Gasteiger charge is 2.42. The summed E-state index contributed by atoms with van der Waals surface area (Å²) in [5.74, 6) is 1.31. The Hall–Kier alpha value is -1.56. The lowest BCUT2D eigenvalue weighted by Crippen LogP contribution is -2.48. The predicted molar refractivity (Wildman–Crippen MR) is 88.7 cm³/mol. The van der Waals surface area contributed by atoms with E-state index in [2.05, 4.69) is 14.9 Å². The van der Waals surface area contributed by atoms with Crippen molar-refractivity contribution in [2.75, 3.05) is 24.5 Å². The number of ether oxygens (including phenoxy) is 1. The van der Waals surface area contributed by atoms with Crippen molar-refractivity contribution in [2.45, 2.75) is 45.3 Å². The number of hydrogen-bond acceptors (Lipinski definition) is 5. The molecule has 1 amide bonds. The van der Waals surface area contributed by atoms with Gasteiger partial charge in [0.1, 0.15) is 11.4 Å². The van der Waals surface area contributed by atoms with E-state index in [0.29, 0.717) is 5.92 Å². The molecule has 1 aromatic rings. The van der Waals surface area contributed by atoms with Gasteiger partial charge in [-0.1, -0.05) is 0 Å². The molecule has 3 rings (SSSR count). The Balaban J connectivity index is 1.65. The summed E-state index contributed by atoms with van der Waals surface area (Å²) in [7, 11) is 0. The van der Waals surface area contributed by atoms with Gasteiger partial charge in [-0.15, -0.1) is 0 Å². The van der Waals surface area contributed by atoms with Gasteiger partial charge in [0.25, 0.3) is 0 Å². The zero-order valence-corrected chi connectivity index (χ0v) is 14.6. The van der Waals surface area contributed by atoms with E-state index < -0.39 is 5.60 Å². The van der Waals surface area contributed by atoms with Gasteiger partial charge in [-0.05, 0) is 57.2 Å². The molecule has 0 aromatic carbocycles. The number of nitrogens with zero attached hydrogens (tertiary/aromatic N) is 4. The van der Waals surface area contributed by atoms with Gasteiger partial charge < -0.3 is 14.5 Å². The Bertz CT molecular complexity index is 590. The van der Waals surface area contributed by atoms with Crippen LogP contribution in [0.2, 0.25) is 5.28 Å². The topological polar surface area (TPSA) is 58.6 Å². The minimum absolute atomic E-state index is 0.191. The molecule has 0 unspecified atom stereocenters. The van der Waals surface area contributed by atoms with Crippen LogP contribution in [0.25, 0.3) is 0 Å². The molecule has 2 saturated heterocycles. The van der Waals surface area contributed by atoms with E-state index in [-0.39, 0.29) is 17.4 Å². The van der Waals surface area contributed by atoms with Crippen molar-refractivity contribution in [1.82, 2.24) is 14.9 Å². The number of piperidine rings is 1. The van der Waals surface area contributed by atoms with Crippen LogP contribution in [0.4, 0.5) is 10.6 Å². The summed E-state index contributed by atoms with van der Waals surface area (Å²) < 4.78 is 5.53. The Morgan fingerprint density at radius 2 is 2.13 bits per heavy atom. The molecule has 1 aromatic heterocycles. The molecular formula is C16H23ClN4O2. The van der Waals surface area contributed by atoms with Crippen molar-refractivity contribution in [2.24, 2.45) is 5.92 Å². The number of fused-ring (bicyclic) bond motifs is 1. The van der Waals surface area contributed by atoms with Gasteiger partial charge in [0.15, 0.2) is 0 Å². The first-order valence-corrected chi connectivity index (χ1v) is 8.44. The highest BCUT2D eigenvalue weighted by Crippen LogP contribution is 2.34. The predicted octanol–water partition coefficient (Wildman–Crippen LogP) is 2.97. The van der Waals surface area contributed by atoms with Gasteiger partial charge in [0.2, 0.25) is 5.28 Å². The molecule has 2 atom stereocenters. The maximum atomic E-state index is 12.4. The summed E-state index contributed by atoms with van der Waals surface area (Å²) in [5.41, 5.74) is -0.451. The summed E-state index contributed by atoms with van der Waals surface area (Å²) in [6, 6.07) is 2.14. The average molecular weight is 339 g/mol. The molecule has 3 heterocycles. The lowest BCUT2D eigenvalue weighted by molar-refractivity contribution is 0.0194. The van der Waals surface area contributed by atoms with Crippen LogP contribution >= 0.6 is 11.6 Å². The molecule has 0 radical (unpaired) electrons. The summed E-state index contributed by atoms with van der Waals surface area (Å²) in [6.45, 7) is 8.22. The Morgan fingerprint density at radius 1 is 1.35 bits per heavy atom. The van der Waals surface area contributed by atoms with Gasteiger partial charge in [-0.25, -0.2) is 14.8 Å². The molecule has 2 aliphatic rings. The maximum Gasteiger partial charge on any atom is 0.410 e. The van der Waals surface area contributed by atoms with E-state index in [1.54, 1.807) is 6.20 Å². The van der Waals surface area contributed by atoms with Crippen molar-refractivity contribution < 1.29 is 9.53 Å². The molecule has 2 aliphatic heterocycles. The summed E-state index contributed by atoms with van der Waals surface area (Å²) >= 11 is 5.88. The smallest absolute Gasteiger partial charge is 0.410 e. The van der Waals surface area contributed by atoms with Crippen molar-refractivity contribution in [3.05, 3.63) is 17.5 Å². The molecule has 23 heavy (non-hydrogen) atoms. The van der Waals surface area contributed by atoms with Crippen LogP contribution in [0, 0.1) is 5.92 Å². The fraction of sp³-hybridized carbons (Fsp3) is 0.688. The maximum absolute atomic E-state index is 12.4. The number of amides is 1. The third kappa shape index (κ3) is 3.68. The molecule has 126 valence electrons. The largest absolute Gasteiger partial charge is 0.444 e. The van der Waals surface area contributed by atoms with Crippen LogP contribution in [0.1, 0.15) is 33.6 Å². The van der Waals surface area contributed by atoms with Gasteiger partial charge in [0.05, 0.1) is 0 Å². The molecule has 2 fully saturated rings. The molecule has 0 saturated carbocycles. The quantitative estimate of drug-likeness (QED) is 0.737. The molecule has 0 bridgehead atoms. The van der Waals surface area contributed by atoms with Crippen LogP contribution < -0.4 is 4.90 Å². The van der Waals surface area contributed by atoms with Gasteiger partial charge in [-0.2, -0.15) is 0 Å². The fourth-order valence-electron chi connectivity index (χ4n) is 3.44. The fourth-order valence-corrected chi connectivity index (χ4v) is 3.59. The van der Waals surface area contributed by atoms with Crippen LogP contribution in [0.5, 0.6) is 0 Å². The Kier molecular flexibility index (Phi) is 4.36. The van der Waals surface area contributed by atoms with Crippen molar-refractivity contribution in [3.8, 4) is 0 Å². The second-order valence-corrected chi connectivity index (χ2v) is 7.55. The lowest BCUT2D eigenvalue weighted by Gasteiger charge is -2.38. The molecule has 0 spiro atoms. The Labute approximate surface area is 141 Å². The van der Waals surface area contributed by atoms with Crippen LogP contribution in [0.3, 0.4) is 0 Å². The van der Waals surface area contributed by atoms with Crippen LogP contribution in [-0.2, 0) is 4.74 Å². The Morgan fingerprint density at radius 3 is 2.83 bits per heavy atom. The zero-order valence-electron chi connectivity index (χ0n) is 13.8. The highest BCUT2D eigenvalue weighted by atomic mass is 35.5. The number of hydrogen-bond donors (Lipinski definition) is 0. The lowest BCUT2D eigenvalue weighted by atomic mass is 9.93. The van der Waals surface area contributed by atoms with Crippen LogP contribution in [0.15, 0.2) is 12.3 Å². The summed E-state index contributed by atoms with van der Waals surface area (Å²) in [6.07, 6.45) is 3.41. The zero-order chi connectivity index (χ0) is 16.6. The first-order chi connectivity index (χ1) is 10.8. The number of carbonyl (C=O) groups is 1. The second-order valence-electron chi connectivity index (χ2n) is 7.21.